The van der Waals surface area contributed by atoms with Crippen molar-refractivity contribution in [1.82, 2.24) is 0 Å². The summed E-state index contributed by atoms with van der Waals surface area (Å²) in [6.45, 7) is 0. The molecular formula is C12H27NO3. The molecule has 2 atom stereocenters. The molecule has 0 radical (unpaired) electrons. The fourth-order valence-corrected chi connectivity index (χ4v) is 2.17. The molecule has 4 N–H and O–H groups in total. The van der Waals surface area contributed by atoms with E-state index >= 15 is 0 Å². The number of nitrogens with two attached hydrogens (primary N) is 1. The molecular weight excluding hydrogens is 206 g/mol. The Kier molecular flexibility index (Phi) is 8.47. The number of carboxylic acids is 1. The standard InChI is InChI=1S/C10H19NO3.2CH4/c11-10(7-9(13)14)5-3-1-2-4-8(12)6-10;;/h8,12H,1-7,11H2,(H,13,14);2*1H4. The molecule has 0 spiro atoms. The van der Waals surface area contributed by atoms with E-state index in [-0.39, 0.29) is 21.3 Å². The minimum absolute atomic E-state index is 0. The molecule has 4 nitrogen and oxygen atoms in total. The van der Waals surface area contributed by atoms with Crippen LogP contribution in [-0.2, 0) is 4.79 Å². The zero-order chi connectivity index (χ0) is 10.6. The van der Waals surface area contributed by atoms with Crippen LogP contribution in [0.2, 0.25) is 0 Å². The SMILES string of the molecule is C.C.NC1(CC(=O)O)CCCCCC(O)C1. The first-order chi connectivity index (χ1) is 6.52. The highest BCUT2D eigenvalue weighted by molar-refractivity contribution is 5.68. The van der Waals surface area contributed by atoms with E-state index in [9.17, 15) is 9.90 Å². The van der Waals surface area contributed by atoms with Gasteiger partial charge in [0.05, 0.1) is 12.5 Å². The lowest BCUT2D eigenvalue weighted by molar-refractivity contribution is -0.138. The molecule has 0 aromatic carbocycles. The predicted octanol–water partition coefficient (Wildman–Crippen LogP) is 2.15. The summed E-state index contributed by atoms with van der Waals surface area (Å²) in [5.41, 5.74) is 5.28. The fraction of sp³-hybridized carbons (Fsp3) is 0.917. The van der Waals surface area contributed by atoms with E-state index in [1.54, 1.807) is 0 Å². The smallest absolute Gasteiger partial charge is 0.305 e. The number of hydrogen-bond donors (Lipinski definition) is 3. The first-order valence-electron chi connectivity index (χ1n) is 5.21. The Labute approximate surface area is 98.8 Å². The van der Waals surface area contributed by atoms with Gasteiger partial charge in [-0.05, 0) is 19.3 Å². The minimum Gasteiger partial charge on any atom is -0.481 e. The van der Waals surface area contributed by atoms with E-state index in [0.29, 0.717) is 12.8 Å². The number of aliphatic hydroxyl groups is 1. The van der Waals surface area contributed by atoms with Gasteiger partial charge in [0.15, 0.2) is 0 Å². The molecule has 0 aromatic rings. The number of aliphatic hydroxyl groups excluding tert-OH is 1. The zero-order valence-electron chi connectivity index (χ0n) is 8.41. The average molecular weight is 233 g/mol. The lowest BCUT2D eigenvalue weighted by Gasteiger charge is -2.32. The molecule has 1 fully saturated rings. The van der Waals surface area contributed by atoms with Crippen molar-refractivity contribution in [3.8, 4) is 0 Å². The van der Waals surface area contributed by atoms with E-state index in [0.717, 1.165) is 25.7 Å². The van der Waals surface area contributed by atoms with Gasteiger partial charge in [-0.2, -0.15) is 0 Å². The number of carbonyl (C=O) groups is 1. The van der Waals surface area contributed by atoms with E-state index in [1.165, 1.54) is 0 Å². The van der Waals surface area contributed by atoms with Crippen LogP contribution in [0.5, 0.6) is 0 Å². The maximum absolute atomic E-state index is 10.6. The monoisotopic (exact) mass is 233 g/mol. The van der Waals surface area contributed by atoms with Crippen molar-refractivity contribution in [1.29, 1.82) is 0 Å². The first-order valence-corrected chi connectivity index (χ1v) is 5.21. The molecule has 0 heterocycles. The quantitative estimate of drug-likeness (QED) is 0.682. The Hall–Kier alpha value is -0.610. The second-order valence-electron chi connectivity index (χ2n) is 4.39. The summed E-state index contributed by atoms with van der Waals surface area (Å²) >= 11 is 0. The molecule has 16 heavy (non-hydrogen) atoms. The van der Waals surface area contributed by atoms with Gasteiger partial charge >= 0.3 is 5.97 Å². The van der Waals surface area contributed by atoms with Crippen molar-refractivity contribution in [2.45, 2.75) is 71.4 Å². The Morgan fingerprint density at radius 3 is 2.50 bits per heavy atom. The van der Waals surface area contributed by atoms with Crippen LogP contribution in [0.25, 0.3) is 0 Å². The molecule has 0 amide bonds. The van der Waals surface area contributed by atoms with Crippen LogP contribution in [0.4, 0.5) is 0 Å². The first kappa shape index (κ1) is 17.8. The molecule has 1 saturated carbocycles. The molecule has 2 unspecified atom stereocenters. The summed E-state index contributed by atoms with van der Waals surface area (Å²) in [6, 6.07) is 0. The minimum atomic E-state index is -0.875. The van der Waals surface area contributed by atoms with Crippen LogP contribution in [0, 0.1) is 0 Å². The van der Waals surface area contributed by atoms with Crippen LogP contribution in [0.3, 0.4) is 0 Å². The van der Waals surface area contributed by atoms with Gasteiger partial charge in [0.25, 0.3) is 0 Å². The lowest BCUT2D eigenvalue weighted by atomic mass is 9.81. The molecule has 4 heteroatoms. The summed E-state index contributed by atoms with van der Waals surface area (Å²) in [5.74, 6) is -0.875. The van der Waals surface area contributed by atoms with Crippen LogP contribution < -0.4 is 5.73 Å². The largest absolute Gasteiger partial charge is 0.481 e. The van der Waals surface area contributed by atoms with Crippen molar-refractivity contribution in [2.75, 3.05) is 0 Å². The lowest BCUT2D eigenvalue weighted by Crippen LogP contribution is -2.45. The Balaban J connectivity index is 0. The molecule has 1 rings (SSSR count). The number of rotatable bonds is 2. The van der Waals surface area contributed by atoms with E-state index < -0.39 is 17.6 Å². The predicted molar refractivity (Wildman–Crippen MR) is 66.3 cm³/mol. The third-order valence-corrected chi connectivity index (χ3v) is 2.86. The van der Waals surface area contributed by atoms with Gasteiger partial charge in [-0.15, -0.1) is 0 Å². The topological polar surface area (TPSA) is 83.6 Å². The maximum Gasteiger partial charge on any atom is 0.305 e. The van der Waals surface area contributed by atoms with Gasteiger partial charge in [0, 0.05) is 5.54 Å². The zero-order valence-corrected chi connectivity index (χ0v) is 8.41. The summed E-state index contributed by atoms with van der Waals surface area (Å²) in [7, 11) is 0. The Morgan fingerprint density at radius 2 is 1.94 bits per heavy atom. The highest BCUT2D eigenvalue weighted by Crippen LogP contribution is 2.27. The highest BCUT2D eigenvalue weighted by atomic mass is 16.4. The third-order valence-electron chi connectivity index (χ3n) is 2.86. The van der Waals surface area contributed by atoms with E-state index in [1.807, 2.05) is 0 Å². The molecule has 0 aromatic heterocycles. The van der Waals surface area contributed by atoms with Gasteiger partial charge in [0.1, 0.15) is 0 Å². The van der Waals surface area contributed by atoms with Crippen molar-refractivity contribution in [2.24, 2.45) is 5.73 Å². The Bertz CT molecular complexity index is 208. The van der Waals surface area contributed by atoms with Gasteiger partial charge in [-0.25, -0.2) is 0 Å². The van der Waals surface area contributed by atoms with Crippen molar-refractivity contribution >= 4 is 5.97 Å². The Morgan fingerprint density at radius 1 is 1.31 bits per heavy atom. The van der Waals surface area contributed by atoms with Crippen LogP contribution in [0.1, 0.15) is 59.8 Å². The van der Waals surface area contributed by atoms with E-state index in [4.69, 9.17) is 10.8 Å². The van der Waals surface area contributed by atoms with Gasteiger partial charge in [-0.3, -0.25) is 4.79 Å². The highest BCUT2D eigenvalue weighted by Gasteiger charge is 2.31. The third kappa shape index (κ3) is 6.08. The van der Waals surface area contributed by atoms with Gasteiger partial charge in [-0.1, -0.05) is 34.1 Å². The molecule has 1 aliphatic carbocycles. The second kappa shape index (κ2) is 7.63. The van der Waals surface area contributed by atoms with Crippen LogP contribution >= 0.6 is 0 Å². The maximum atomic E-state index is 10.6. The summed E-state index contributed by atoms with van der Waals surface area (Å²) in [5, 5.41) is 18.3. The van der Waals surface area contributed by atoms with Gasteiger partial charge in [0.2, 0.25) is 0 Å². The fourth-order valence-electron chi connectivity index (χ4n) is 2.17. The van der Waals surface area contributed by atoms with Crippen molar-refractivity contribution in [3.63, 3.8) is 0 Å². The molecule has 1 aliphatic rings. The summed E-state index contributed by atoms with van der Waals surface area (Å²) in [4.78, 5) is 10.6. The van der Waals surface area contributed by atoms with Crippen LogP contribution in [-0.4, -0.2) is 27.8 Å². The molecule has 98 valence electrons. The summed E-state index contributed by atoms with van der Waals surface area (Å²) < 4.78 is 0. The normalized spacial score (nSPS) is 30.2. The summed E-state index contributed by atoms with van der Waals surface area (Å²) in [6.07, 6.45) is 4.43. The van der Waals surface area contributed by atoms with E-state index in [2.05, 4.69) is 0 Å². The molecule has 0 saturated heterocycles. The number of aliphatic carboxylic acids is 1. The van der Waals surface area contributed by atoms with Crippen molar-refractivity contribution < 1.29 is 15.0 Å². The van der Waals surface area contributed by atoms with Gasteiger partial charge < -0.3 is 15.9 Å². The average Bonchev–Trinajstić information content (AvgIpc) is 1.98. The molecule has 0 aliphatic heterocycles. The van der Waals surface area contributed by atoms with Crippen LogP contribution in [0.15, 0.2) is 0 Å². The van der Waals surface area contributed by atoms with Crippen molar-refractivity contribution in [3.05, 3.63) is 0 Å². The number of hydrogen-bond acceptors (Lipinski definition) is 3. The molecule has 0 bridgehead atoms. The number of carboxylic acid groups (broad SMARTS) is 1. The second-order valence-corrected chi connectivity index (χ2v) is 4.39.